The van der Waals surface area contributed by atoms with E-state index in [0.717, 1.165) is 77.0 Å². The van der Waals surface area contributed by atoms with E-state index in [1.54, 1.807) is 0 Å². The van der Waals surface area contributed by atoms with Gasteiger partial charge < -0.3 is 20.3 Å². The molecule has 0 aromatic heterocycles. The second-order valence-corrected chi connectivity index (χ2v) is 17.9. The van der Waals surface area contributed by atoms with Crippen LogP contribution in [0.15, 0.2) is 60.8 Å². The molecule has 3 N–H and O–H groups in total. The van der Waals surface area contributed by atoms with Gasteiger partial charge in [-0.05, 0) is 83.5 Å². The molecule has 0 spiro atoms. The Hall–Kier alpha value is -2.44. The fourth-order valence-electron chi connectivity index (χ4n) is 7.76. The molecule has 62 heavy (non-hydrogen) atoms. The van der Waals surface area contributed by atoms with E-state index in [1.165, 1.54) is 128 Å². The van der Waals surface area contributed by atoms with Crippen LogP contribution in [0.2, 0.25) is 0 Å². The highest BCUT2D eigenvalue weighted by Gasteiger charge is 2.24. The molecule has 3 unspecified atom stereocenters. The average Bonchev–Trinajstić information content (AvgIpc) is 3.26. The third-order valence-corrected chi connectivity index (χ3v) is 11.8. The van der Waals surface area contributed by atoms with Gasteiger partial charge in [0, 0.05) is 6.42 Å². The normalized spacial score (nSPS) is 13.7. The maximum atomic E-state index is 13.2. The van der Waals surface area contributed by atoms with Gasteiger partial charge in [0.25, 0.3) is 0 Å². The zero-order valence-electron chi connectivity index (χ0n) is 41.0. The van der Waals surface area contributed by atoms with Crippen LogP contribution in [0.25, 0.3) is 0 Å². The van der Waals surface area contributed by atoms with Crippen LogP contribution in [0.5, 0.6) is 0 Å². The molecule has 360 valence electrons. The van der Waals surface area contributed by atoms with Crippen LogP contribution < -0.4 is 5.32 Å². The second-order valence-electron chi connectivity index (χ2n) is 17.9. The Kier molecular flexibility index (Phi) is 47.6. The number of carbonyl (C=O) groups excluding carboxylic acids is 2. The molecule has 0 aromatic carbocycles. The zero-order chi connectivity index (χ0) is 45.2. The number of nitrogens with one attached hydrogen (secondary N) is 1. The first kappa shape index (κ1) is 59.6. The van der Waals surface area contributed by atoms with E-state index in [-0.39, 0.29) is 24.9 Å². The smallest absolute Gasteiger partial charge is 0.306 e. The summed E-state index contributed by atoms with van der Waals surface area (Å²) >= 11 is 0. The Labute approximate surface area is 384 Å². The van der Waals surface area contributed by atoms with Crippen LogP contribution in [0, 0.1) is 0 Å². The van der Waals surface area contributed by atoms with Crippen molar-refractivity contribution in [2.75, 3.05) is 6.61 Å². The molecule has 6 heteroatoms. The molecule has 0 saturated heterocycles. The van der Waals surface area contributed by atoms with E-state index < -0.39 is 18.2 Å². The standard InChI is InChI=1S/C56H101NO5/c1-4-7-10-13-16-19-21-23-25-27-29-31-33-36-39-42-45-48-54(59)53(51-58)57-55(60)50-52(47-44-41-38-35-18-15-12-9-6-3)62-56(61)49-46-43-40-37-34-32-30-28-26-24-22-20-17-14-11-8-5-2/h15,17-18,20,24,26,30,32,37,40,52-54,58-59H,4-14,16,19,21-23,25,27-29,31,33-36,38-39,41-51H2,1-3H3,(H,57,60)/b18-15-,20-17-,26-24-,32-30-,40-37-. The molecule has 0 radical (unpaired) electrons. The molecule has 3 atom stereocenters. The molecule has 0 aliphatic rings. The third kappa shape index (κ3) is 44.2. The lowest BCUT2D eigenvalue weighted by Crippen LogP contribution is -2.46. The van der Waals surface area contributed by atoms with Crippen molar-refractivity contribution >= 4 is 11.9 Å². The Morgan fingerprint density at radius 3 is 1.34 bits per heavy atom. The number of rotatable bonds is 47. The van der Waals surface area contributed by atoms with Gasteiger partial charge in [-0.3, -0.25) is 9.59 Å². The lowest BCUT2D eigenvalue weighted by Gasteiger charge is -2.24. The van der Waals surface area contributed by atoms with Crippen molar-refractivity contribution < 1.29 is 24.5 Å². The largest absolute Gasteiger partial charge is 0.462 e. The maximum Gasteiger partial charge on any atom is 0.306 e. The van der Waals surface area contributed by atoms with Crippen LogP contribution >= 0.6 is 0 Å². The zero-order valence-corrected chi connectivity index (χ0v) is 41.0. The van der Waals surface area contributed by atoms with Gasteiger partial charge in [-0.2, -0.15) is 0 Å². The molecule has 0 aromatic rings. The fraction of sp³-hybridized carbons (Fsp3) is 0.786. The first-order valence-corrected chi connectivity index (χ1v) is 26.5. The van der Waals surface area contributed by atoms with Gasteiger partial charge in [0.1, 0.15) is 6.10 Å². The highest BCUT2D eigenvalue weighted by Crippen LogP contribution is 2.17. The molecule has 6 nitrogen and oxygen atoms in total. The number of allylic oxidation sites excluding steroid dienone is 10. The molecule has 0 aliphatic heterocycles. The van der Waals surface area contributed by atoms with Crippen molar-refractivity contribution in [1.82, 2.24) is 5.32 Å². The Bertz CT molecular complexity index is 1110. The highest BCUT2D eigenvalue weighted by atomic mass is 16.5. The number of aliphatic hydroxyl groups is 2. The summed E-state index contributed by atoms with van der Waals surface area (Å²) in [6.07, 6.45) is 61.5. The molecule has 0 fully saturated rings. The molecular formula is C56H101NO5. The van der Waals surface area contributed by atoms with E-state index in [1.807, 2.05) is 0 Å². The Balaban J connectivity index is 4.51. The average molecular weight is 868 g/mol. The second kappa shape index (κ2) is 49.6. The first-order chi connectivity index (χ1) is 30.5. The van der Waals surface area contributed by atoms with Crippen molar-refractivity contribution in [3.63, 3.8) is 0 Å². The highest BCUT2D eigenvalue weighted by molar-refractivity contribution is 5.77. The van der Waals surface area contributed by atoms with Crippen LogP contribution in [0.1, 0.15) is 258 Å². The van der Waals surface area contributed by atoms with Gasteiger partial charge in [0.2, 0.25) is 5.91 Å². The number of amides is 1. The summed E-state index contributed by atoms with van der Waals surface area (Å²) in [6, 6.07) is -0.718. The summed E-state index contributed by atoms with van der Waals surface area (Å²) < 4.78 is 5.88. The monoisotopic (exact) mass is 868 g/mol. The summed E-state index contributed by atoms with van der Waals surface area (Å²) in [5.74, 6) is -0.557. The van der Waals surface area contributed by atoms with Crippen molar-refractivity contribution in [2.24, 2.45) is 0 Å². The van der Waals surface area contributed by atoms with Crippen LogP contribution in [-0.2, 0) is 14.3 Å². The summed E-state index contributed by atoms with van der Waals surface area (Å²) in [5, 5.41) is 23.8. The topological polar surface area (TPSA) is 95.9 Å². The molecule has 0 rings (SSSR count). The molecule has 1 amide bonds. The van der Waals surface area contributed by atoms with Gasteiger partial charge in [-0.1, -0.05) is 223 Å². The lowest BCUT2D eigenvalue weighted by molar-refractivity contribution is -0.151. The van der Waals surface area contributed by atoms with Gasteiger partial charge >= 0.3 is 5.97 Å². The number of aliphatic hydroxyl groups excluding tert-OH is 2. The molecule has 0 heterocycles. The van der Waals surface area contributed by atoms with E-state index >= 15 is 0 Å². The molecule has 0 bridgehead atoms. The SMILES string of the molecule is CCCC/C=C\CCCCCC(CC(=O)NC(CO)C(O)CCCCCCCCCCCCCCCCCCC)OC(=O)CCC/C=C\C/C=C\C/C=C\C/C=C\CCCCC. The number of unbranched alkanes of at least 4 members (excludes halogenated alkanes) is 25. The van der Waals surface area contributed by atoms with E-state index in [0.29, 0.717) is 25.7 Å². The minimum Gasteiger partial charge on any atom is -0.462 e. The Morgan fingerprint density at radius 1 is 0.468 bits per heavy atom. The van der Waals surface area contributed by atoms with Crippen molar-refractivity contribution in [3.8, 4) is 0 Å². The number of carbonyl (C=O) groups is 2. The quantitative estimate of drug-likeness (QED) is 0.0322. The van der Waals surface area contributed by atoms with Crippen molar-refractivity contribution in [3.05, 3.63) is 60.8 Å². The number of hydrogen-bond acceptors (Lipinski definition) is 5. The fourth-order valence-corrected chi connectivity index (χ4v) is 7.76. The predicted molar refractivity (Wildman–Crippen MR) is 268 cm³/mol. The minimum absolute atomic E-state index is 0.0438. The summed E-state index contributed by atoms with van der Waals surface area (Å²) in [6.45, 7) is 6.40. The van der Waals surface area contributed by atoms with Crippen LogP contribution in [-0.4, -0.2) is 46.9 Å². The molecular weight excluding hydrogens is 767 g/mol. The van der Waals surface area contributed by atoms with Crippen molar-refractivity contribution in [1.29, 1.82) is 0 Å². The predicted octanol–water partition coefficient (Wildman–Crippen LogP) is 16.0. The van der Waals surface area contributed by atoms with Crippen LogP contribution in [0.4, 0.5) is 0 Å². The molecule has 0 aliphatic carbocycles. The summed E-state index contributed by atoms with van der Waals surface area (Å²) in [5.41, 5.74) is 0. The number of esters is 1. The van der Waals surface area contributed by atoms with Gasteiger partial charge in [-0.15, -0.1) is 0 Å². The summed E-state index contributed by atoms with van der Waals surface area (Å²) in [4.78, 5) is 26.1. The summed E-state index contributed by atoms with van der Waals surface area (Å²) in [7, 11) is 0. The van der Waals surface area contributed by atoms with Gasteiger partial charge in [0.15, 0.2) is 0 Å². The molecule has 0 saturated carbocycles. The first-order valence-electron chi connectivity index (χ1n) is 26.5. The van der Waals surface area contributed by atoms with E-state index in [2.05, 4.69) is 86.8 Å². The minimum atomic E-state index is -0.801. The van der Waals surface area contributed by atoms with Crippen LogP contribution in [0.3, 0.4) is 0 Å². The third-order valence-electron chi connectivity index (χ3n) is 11.8. The lowest BCUT2D eigenvalue weighted by atomic mass is 10.0. The Morgan fingerprint density at radius 2 is 0.839 bits per heavy atom. The number of ether oxygens (including phenoxy) is 1. The van der Waals surface area contributed by atoms with Gasteiger partial charge in [0.05, 0.1) is 25.2 Å². The number of hydrogen-bond donors (Lipinski definition) is 3. The van der Waals surface area contributed by atoms with Gasteiger partial charge in [-0.25, -0.2) is 0 Å². The van der Waals surface area contributed by atoms with Crippen molar-refractivity contribution in [2.45, 2.75) is 277 Å². The van der Waals surface area contributed by atoms with E-state index in [9.17, 15) is 19.8 Å². The maximum absolute atomic E-state index is 13.2. The van der Waals surface area contributed by atoms with E-state index in [4.69, 9.17) is 4.74 Å².